The molecule has 1 N–H and O–H groups in total. The van der Waals surface area contributed by atoms with Gasteiger partial charge in [-0.2, -0.15) is 0 Å². The number of ether oxygens (including phenoxy) is 1. The van der Waals surface area contributed by atoms with Crippen molar-refractivity contribution in [2.75, 3.05) is 26.7 Å². The van der Waals surface area contributed by atoms with Crippen molar-refractivity contribution in [2.45, 2.75) is 63.4 Å². The Morgan fingerprint density at radius 3 is 2.23 bits per heavy atom. The molecule has 168 valence electrons. The van der Waals surface area contributed by atoms with Gasteiger partial charge >= 0.3 is 0 Å². The highest BCUT2D eigenvalue weighted by Gasteiger charge is 2.40. The Hall–Kier alpha value is -1.91. The van der Waals surface area contributed by atoms with Crippen LogP contribution in [0.15, 0.2) is 42.5 Å². The molecule has 31 heavy (non-hydrogen) atoms. The van der Waals surface area contributed by atoms with Crippen LogP contribution in [0.5, 0.6) is 5.75 Å². The summed E-state index contributed by atoms with van der Waals surface area (Å²) in [4.78, 5) is 2.58. The molecule has 4 heteroatoms. The molecule has 1 aliphatic carbocycles. The molecule has 1 heterocycles. The van der Waals surface area contributed by atoms with Crippen LogP contribution < -0.4 is 4.74 Å². The highest BCUT2D eigenvalue weighted by Crippen LogP contribution is 2.44. The van der Waals surface area contributed by atoms with E-state index < -0.39 is 5.60 Å². The van der Waals surface area contributed by atoms with Gasteiger partial charge in [0, 0.05) is 18.0 Å². The Bertz CT molecular complexity index is 879. The minimum Gasteiger partial charge on any atom is -0.497 e. The number of aliphatic hydroxyl groups is 1. The molecule has 0 spiro atoms. The Kier molecular flexibility index (Phi) is 6.41. The van der Waals surface area contributed by atoms with Gasteiger partial charge in [-0.25, -0.2) is 4.39 Å². The standard InChI is InChI=1S/C27H36FNO2/c1-4-27(30,5-2)22-10-8-21(9-11-22)26(23-16-24(28)18-25(17-23)31-3)12-14-29(15-13-26)19-20-6-7-20/h8-11,16-18,20,30H,4-7,12-15,19H2,1-3H3. The summed E-state index contributed by atoms with van der Waals surface area (Å²) in [6.45, 7) is 7.28. The lowest BCUT2D eigenvalue weighted by molar-refractivity contribution is 0.0283. The van der Waals surface area contributed by atoms with Crippen LogP contribution >= 0.6 is 0 Å². The molecule has 2 fully saturated rings. The number of rotatable bonds is 8. The summed E-state index contributed by atoms with van der Waals surface area (Å²) in [6.07, 6.45) is 6.01. The first-order valence-electron chi connectivity index (χ1n) is 11.8. The fourth-order valence-electron chi connectivity index (χ4n) is 5.24. The summed E-state index contributed by atoms with van der Waals surface area (Å²) in [5.41, 5.74) is 2.11. The monoisotopic (exact) mass is 425 g/mol. The molecule has 0 unspecified atom stereocenters. The molecule has 0 bridgehead atoms. The van der Waals surface area contributed by atoms with Crippen LogP contribution in [0, 0.1) is 11.7 Å². The molecule has 1 saturated carbocycles. The zero-order valence-electron chi connectivity index (χ0n) is 19.2. The number of hydrogen-bond acceptors (Lipinski definition) is 3. The maximum atomic E-state index is 14.5. The van der Waals surface area contributed by atoms with Gasteiger partial charge in [0.15, 0.2) is 0 Å². The second-order valence-electron chi connectivity index (χ2n) is 9.52. The Morgan fingerprint density at radius 1 is 1.03 bits per heavy atom. The van der Waals surface area contributed by atoms with E-state index in [9.17, 15) is 9.50 Å². The largest absolute Gasteiger partial charge is 0.497 e. The molecule has 2 aromatic rings. The fourth-order valence-corrected chi connectivity index (χ4v) is 5.24. The van der Waals surface area contributed by atoms with Gasteiger partial charge in [0.25, 0.3) is 0 Å². The molecule has 0 aromatic heterocycles. The van der Waals surface area contributed by atoms with Crippen molar-refractivity contribution in [1.29, 1.82) is 0 Å². The second-order valence-corrected chi connectivity index (χ2v) is 9.52. The van der Waals surface area contributed by atoms with Crippen LogP contribution in [0.3, 0.4) is 0 Å². The van der Waals surface area contributed by atoms with Gasteiger partial charge in [0.2, 0.25) is 0 Å². The number of piperidine rings is 1. The van der Waals surface area contributed by atoms with Crippen molar-refractivity contribution >= 4 is 0 Å². The van der Waals surface area contributed by atoms with E-state index in [1.807, 2.05) is 19.9 Å². The predicted octanol–water partition coefficient (Wildman–Crippen LogP) is 5.63. The van der Waals surface area contributed by atoms with Crippen molar-refractivity contribution in [2.24, 2.45) is 5.92 Å². The van der Waals surface area contributed by atoms with Gasteiger partial charge in [0.1, 0.15) is 11.6 Å². The van der Waals surface area contributed by atoms with Crippen molar-refractivity contribution in [3.8, 4) is 5.75 Å². The predicted molar refractivity (Wildman–Crippen MR) is 123 cm³/mol. The van der Waals surface area contributed by atoms with E-state index in [1.54, 1.807) is 13.2 Å². The zero-order chi connectivity index (χ0) is 22.1. The van der Waals surface area contributed by atoms with Gasteiger partial charge in [-0.05, 0) is 86.4 Å². The van der Waals surface area contributed by atoms with Crippen molar-refractivity contribution < 1.29 is 14.2 Å². The highest BCUT2D eigenvalue weighted by molar-refractivity contribution is 5.45. The number of hydrogen-bond donors (Lipinski definition) is 1. The molecule has 0 radical (unpaired) electrons. The molecule has 2 aromatic carbocycles. The third kappa shape index (κ3) is 4.51. The van der Waals surface area contributed by atoms with Crippen LogP contribution in [0.4, 0.5) is 4.39 Å². The number of halogens is 1. The SMILES string of the molecule is CCC(O)(CC)c1ccc(C2(c3cc(F)cc(OC)c3)CCN(CC3CC3)CC2)cc1. The zero-order valence-corrected chi connectivity index (χ0v) is 19.2. The summed E-state index contributed by atoms with van der Waals surface area (Å²) < 4.78 is 19.9. The topological polar surface area (TPSA) is 32.7 Å². The lowest BCUT2D eigenvalue weighted by atomic mass is 9.67. The maximum Gasteiger partial charge on any atom is 0.127 e. The lowest BCUT2D eigenvalue weighted by Gasteiger charge is -2.43. The number of benzene rings is 2. The minimum absolute atomic E-state index is 0.246. The summed E-state index contributed by atoms with van der Waals surface area (Å²) >= 11 is 0. The van der Waals surface area contributed by atoms with E-state index in [4.69, 9.17) is 4.74 Å². The second kappa shape index (κ2) is 8.91. The average Bonchev–Trinajstić information content (AvgIpc) is 3.63. The summed E-state index contributed by atoms with van der Waals surface area (Å²) in [6, 6.07) is 13.6. The Morgan fingerprint density at radius 2 is 1.68 bits per heavy atom. The summed E-state index contributed by atoms with van der Waals surface area (Å²) in [5.74, 6) is 1.19. The van der Waals surface area contributed by atoms with Crippen LogP contribution in [0.1, 0.15) is 69.1 Å². The normalized spacial score (nSPS) is 19.4. The van der Waals surface area contributed by atoms with Gasteiger partial charge in [0.05, 0.1) is 12.7 Å². The van der Waals surface area contributed by atoms with Crippen LogP contribution in [-0.2, 0) is 11.0 Å². The van der Waals surface area contributed by atoms with E-state index in [0.29, 0.717) is 18.6 Å². The van der Waals surface area contributed by atoms with Crippen molar-refractivity contribution in [3.63, 3.8) is 0 Å². The molecule has 0 atom stereocenters. The number of nitrogens with zero attached hydrogens (tertiary/aromatic N) is 1. The van der Waals surface area contributed by atoms with Gasteiger partial charge < -0.3 is 14.7 Å². The first-order valence-corrected chi connectivity index (χ1v) is 11.8. The van der Waals surface area contributed by atoms with E-state index in [2.05, 4.69) is 29.2 Å². The van der Waals surface area contributed by atoms with Crippen molar-refractivity contribution in [3.05, 3.63) is 65.0 Å². The van der Waals surface area contributed by atoms with E-state index >= 15 is 0 Å². The van der Waals surface area contributed by atoms with E-state index in [-0.39, 0.29) is 11.2 Å². The third-order valence-electron chi connectivity index (χ3n) is 7.73. The quantitative estimate of drug-likeness (QED) is 0.595. The first kappa shape index (κ1) is 22.3. The highest BCUT2D eigenvalue weighted by atomic mass is 19.1. The van der Waals surface area contributed by atoms with Gasteiger partial charge in [-0.3, -0.25) is 0 Å². The smallest absolute Gasteiger partial charge is 0.127 e. The minimum atomic E-state index is -0.790. The Balaban J connectivity index is 1.70. The van der Waals surface area contributed by atoms with Crippen LogP contribution in [0.2, 0.25) is 0 Å². The van der Waals surface area contributed by atoms with Crippen LogP contribution in [-0.4, -0.2) is 36.8 Å². The molecule has 2 aliphatic rings. The first-order chi connectivity index (χ1) is 14.9. The molecule has 1 saturated heterocycles. The van der Waals surface area contributed by atoms with Gasteiger partial charge in [-0.1, -0.05) is 38.1 Å². The maximum absolute atomic E-state index is 14.5. The van der Waals surface area contributed by atoms with Crippen LogP contribution in [0.25, 0.3) is 0 Å². The number of methoxy groups -OCH3 is 1. The molecule has 0 amide bonds. The van der Waals surface area contributed by atoms with Crippen molar-refractivity contribution in [1.82, 2.24) is 4.90 Å². The summed E-state index contributed by atoms with van der Waals surface area (Å²) in [7, 11) is 1.59. The molecular formula is C27H36FNO2. The lowest BCUT2D eigenvalue weighted by Crippen LogP contribution is -2.44. The number of likely N-dealkylation sites (tertiary alicyclic amines) is 1. The fraction of sp³-hybridized carbons (Fsp3) is 0.556. The third-order valence-corrected chi connectivity index (χ3v) is 7.73. The van der Waals surface area contributed by atoms with E-state index in [1.165, 1.54) is 31.0 Å². The van der Waals surface area contributed by atoms with Gasteiger partial charge in [-0.15, -0.1) is 0 Å². The summed E-state index contributed by atoms with van der Waals surface area (Å²) in [5, 5.41) is 10.9. The Labute approximate surface area is 186 Å². The molecule has 4 rings (SSSR count). The molecular weight excluding hydrogens is 389 g/mol. The molecule has 3 nitrogen and oxygen atoms in total. The molecule has 1 aliphatic heterocycles. The average molecular weight is 426 g/mol. The van der Waals surface area contributed by atoms with E-state index in [0.717, 1.165) is 43.0 Å².